The maximum Gasteiger partial charge on any atom is 0.306 e. The molecule has 0 aliphatic carbocycles. The van der Waals surface area contributed by atoms with Crippen LogP contribution in [-0.4, -0.2) is 142 Å². The average Bonchev–Trinajstić information content (AvgIpc) is 3.32. The van der Waals surface area contributed by atoms with Crippen molar-refractivity contribution in [2.24, 2.45) is 0 Å². The van der Waals surface area contributed by atoms with Crippen LogP contribution in [0.2, 0.25) is 0 Å². The maximum atomic E-state index is 13.0. The Morgan fingerprint density at radius 1 is 0.507 bits per heavy atom. The molecule has 11 unspecified atom stereocenters. The summed E-state index contributed by atoms with van der Waals surface area (Å²) < 4.78 is 34.2. The number of hydrogen-bond acceptors (Lipinski definition) is 14. The van der Waals surface area contributed by atoms with Crippen LogP contribution in [0.1, 0.15) is 142 Å². The van der Waals surface area contributed by atoms with Gasteiger partial charge in [-0.3, -0.25) is 4.79 Å². The quantitative estimate of drug-likeness (QED) is 0.0184. The van der Waals surface area contributed by atoms with E-state index in [1.54, 1.807) is 0 Å². The molecule has 67 heavy (non-hydrogen) atoms. The van der Waals surface area contributed by atoms with Crippen molar-refractivity contribution in [1.29, 1.82) is 0 Å². The zero-order valence-electron chi connectivity index (χ0n) is 40.6. The molecule has 11 atom stereocenters. The number of carbonyl (C=O) groups excluding carboxylic acids is 1. The molecule has 2 aliphatic rings. The van der Waals surface area contributed by atoms with Gasteiger partial charge in [-0.15, -0.1) is 0 Å². The number of esters is 1. The van der Waals surface area contributed by atoms with E-state index in [2.05, 4.69) is 98.9 Å². The van der Waals surface area contributed by atoms with Gasteiger partial charge in [-0.25, -0.2) is 0 Å². The fourth-order valence-electron chi connectivity index (χ4n) is 7.29. The van der Waals surface area contributed by atoms with Crippen LogP contribution >= 0.6 is 0 Å². The number of allylic oxidation sites excluding steroid dienone is 14. The van der Waals surface area contributed by atoms with E-state index in [4.69, 9.17) is 28.4 Å². The van der Waals surface area contributed by atoms with E-state index in [0.717, 1.165) is 116 Å². The third-order valence-electron chi connectivity index (χ3n) is 11.4. The van der Waals surface area contributed by atoms with E-state index < -0.39 is 86.7 Å². The van der Waals surface area contributed by atoms with Gasteiger partial charge in [0.25, 0.3) is 0 Å². The number of rotatable bonds is 38. The van der Waals surface area contributed by atoms with Gasteiger partial charge in [-0.05, 0) is 83.5 Å². The van der Waals surface area contributed by atoms with Crippen molar-refractivity contribution in [2.75, 3.05) is 33.0 Å². The van der Waals surface area contributed by atoms with Crippen molar-refractivity contribution in [3.8, 4) is 0 Å². The lowest BCUT2D eigenvalue weighted by Crippen LogP contribution is -2.61. The van der Waals surface area contributed by atoms with Gasteiger partial charge in [-0.2, -0.15) is 0 Å². The highest BCUT2D eigenvalue weighted by molar-refractivity contribution is 5.69. The number of aliphatic hydroxyl groups excluding tert-OH is 7. The van der Waals surface area contributed by atoms with E-state index in [-0.39, 0.29) is 19.6 Å². The third kappa shape index (κ3) is 27.8. The van der Waals surface area contributed by atoms with E-state index in [1.165, 1.54) is 0 Å². The molecular weight excluding hydrogens is 861 g/mol. The molecule has 0 amide bonds. The number of hydrogen-bond donors (Lipinski definition) is 7. The maximum absolute atomic E-state index is 13.0. The summed E-state index contributed by atoms with van der Waals surface area (Å²) >= 11 is 0. The van der Waals surface area contributed by atoms with Crippen molar-refractivity contribution in [3.63, 3.8) is 0 Å². The van der Waals surface area contributed by atoms with Crippen LogP contribution in [0.25, 0.3) is 0 Å². The number of carbonyl (C=O) groups is 1. The molecule has 2 rings (SSSR count). The van der Waals surface area contributed by atoms with Crippen LogP contribution in [0.15, 0.2) is 85.1 Å². The molecule has 2 saturated heterocycles. The van der Waals surface area contributed by atoms with Crippen LogP contribution < -0.4 is 0 Å². The molecule has 2 aliphatic heterocycles. The number of aliphatic hydroxyl groups is 7. The molecule has 0 radical (unpaired) electrons. The summed E-state index contributed by atoms with van der Waals surface area (Å²) in [4.78, 5) is 13.0. The third-order valence-corrected chi connectivity index (χ3v) is 11.4. The SMILES string of the molecule is CC/C=C\C/C=C\C/C=C\C/C=C\C/C=C\CCCCCCOCC(COC1OC(COC2OC(CO)C(O)C(O)C2O)C(O)C(O)C1O)OC(=O)CCCCCCC/C=C\C/C=C\CCC. The summed E-state index contributed by atoms with van der Waals surface area (Å²) in [5.74, 6) is -0.405. The molecule has 14 nitrogen and oxygen atoms in total. The minimum absolute atomic E-state index is 0.0331. The Labute approximate surface area is 401 Å². The molecule has 0 spiro atoms. The zero-order chi connectivity index (χ0) is 48.7. The first-order valence-corrected chi connectivity index (χ1v) is 25.2. The summed E-state index contributed by atoms with van der Waals surface area (Å²) in [5, 5.41) is 72.1. The van der Waals surface area contributed by atoms with E-state index >= 15 is 0 Å². The fourth-order valence-corrected chi connectivity index (χ4v) is 7.29. The second-order valence-electron chi connectivity index (χ2n) is 17.3. The predicted molar refractivity (Wildman–Crippen MR) is 261 cm³/mol. The monoisotopic (exact) mass is 949 g/mol. The van der Waals surface area contributed by atoms with Gasteiger partial charge in [0.15, 0.2) is 12.6 Å². The van der Waals surface area contributed by atoms with E-state index in [9.17, 15) is 40.5 Å². The molecule has 0 aromatic heterocycles. The topological polar surface area (TPSA) is 214 Å². The average molecular weight is 949 g/mol. The van der Waals surface area contributed by atoms with Crippen LogP contribution in [0, 0.1) is 0 Å². The van der Waals surface area contributed by atoms with Crippen LogP contribution in [0.5, 0.6) is 0 Å². The first kappa shape index (κ1) is 60.3. The second kappa shape index (κ2) is 40.0. The molecule has 0 saturated carbocycles. The van der Waals surface area contributed by atoms with Gasteiger partial charge in [0.05, 0.1) is 26.4 Å². The molecule has 384 valence electrons. The first-order valence-electron chi connectivity index (χ1n) is 25.2. The molecule has 14 heteroatoms. The highest BCUT2D eigenvalue weighted by atomic mass is 16.7. The second-order valence-corrected chi connectivity index (χ2v) is 17.3. The van der Waals surface area contributed by atoms with Crippen molar-refractivity contribution in [2.45, 2.75) is 210 Å². The summed E-state index contributed by atoms with van der Waals surface area (Å²) in [6.45, 7) is 3.39. The van der Waals surface area contributed by atoms with Crippen LogP contribution in [0.4, 0.5) is 0 Å². The summed E-state index contributed by atoms with van der Waals surface area (Å²) in [7, 11) is 0. The molecule has 2 heterocycles. The summed E-state index contributed by atoms with van der Waals surface area (Å²) in [6.07, 6.45) is 33.6. The van der Waals surface area contributed by atoms with Gasteiger partial charge < -0.3 is 64.2 Å². The molecule has 0 aromatic carbocycles. The Bertz CT molecular complexity index is 1430. The Kier molecular flexibility index (Phi) is 36.0. The summed E-state index contributed by atoms with van der Waals surface area (Å²) in [5.41, 5.74) is 0. The highest BCUT2D eigenvalue weighted by Crippen LogP contribution is 2.26. The van der Waals surface area contributed by atoms with Gasteiger partial charge in [0, 0.05) is 13.0 Å². The van der Waals surface area contributed by atoms with E-state index in [1.807, 2.05) is 0 Å². The molecule has 7 N–H and O–H groups in total. The minimum Gasteiger partial charge on any atom is -0.457 e. The highest BCUT2D eigenvalue weighted by Gasteiger charge is 2.47. The van der Waals surface area contributed by atoms with Crippen molar-refractivity contribution >= 4 is 5.97 Å². The Morgan fingerprint density at radius 3 is 1.52 bits per heavy atom. The predicted octanol–water partition coefficient (Wildman–Crippen LogP) is 7.29. The van der Waals surface area contributed by atoms with Gasteiger partial charge in [0.1, 0.15) is 54.9 Å². The Morgan fingerprint density at radius 2 is 0.970 bits per heavy atom. The smallest absolute Gasteiger partial charge is 0.306 e. The van der Waals surface area contributed by atoms with Gasteiger partial charge in [-0.1, -0.05) is 137 Å². The van der Waals surface area contributed by atoms with Crippen molar-refractivity contribution in [3.05, 3.63) is 85.1 Å². The summed E-state index contributed by atoms with van der Waals surface area (Å²) in [6, 6.07) is 0. The Hall–Kier alpha value is -2.83. The standard InChI is InChI=1S/C53H88O14/c1-3-5-7-9-11-13-15-17-18-19-20-21-22-23-25-27-29-31-33-35-37-62-39-42(65-45(55)36-34-32-30-28-26-24-16-14-12-10-8-6-4-2)40-63-52-51(61)49(59)47(57)44(67-52)41-64-53-50(60)48(58)46(56)43(38-54)66-53/h5,7-8,10-11,13-14,16-18,20-21,23,25,42-44,46-54,56-61H,3-4,6,9,12,15,19,22,24,26-41H2,1-2H3/b7-5-,10-8-,13-11-,16-14-,18-17-,21-20-,25-23-. The molecule has 0 aromatic rings. The lowest BCUT2D eigenvalue weighted by Gasteiger charge is -2.42. The molecular formula is C53H88O14. The lowest BCUT2D eigenvalue weighted by molar-refractivity contribution is -0.332. The Balaban J connectivity index is 1.79. The lowest BCUT2D eigenvalue weighted by atomic mass is 9.98. The molecule has 0 bridgehead atoms. The zero-order valence-corrected chi connectivity index (χ0v) is 40.6. The van der Waals surface area contributed by atoms with Gasteiger partial charge >= 0.3 is 5.97 Å². The number of unbranched alkanes of at least 4 members (excludes halogenated alkanes) is 10. The van der Waals surface area contributed by atoms with Gasteiger partial charge in [0.2, 0.25) is 0 Å². The van der Waals surface area contributed by atoms with Crippen molar-refractivity contribution in [1.82, 2.24) is 0 Å². The van der Waals surface area contributed by atoms with Crippen LogP contribution in [0.3, 0.4) is 0 Å². The molecule has 2 fully saturated rings. The normalized spacial score (nSPS) is 26.8. The minimum atomic E-state index is -1.72. The van der Waals surface area contributed by atoms with E-state index in [0.29, 0.717) is 13.0 Å². The first-order chi connectivity index (χ1) is 32.6. The van der Waals surface area contributed by atoms with Crippen LogP contribution in [-0.2, 0) is 33.2 Å². The van der Waals surface area contributed by atoms with Crippen molar-refractivity contribution < 1.29 is 69.0 Å². The largest absolute Gasteiger partial charge is 0.457 e. The number of ether oxygens (including phenoxy) is 6. The fraction of sp³-hybridized carbons (Fsp3) is 0.717.